The molecular weight excluding hydrogens is 328 g/mol. The lowest BCUT2D eigenvalue weighted by Gasteiger charge is -2.34. The van der Waals surface area contributed by atoms with Gasteiger partial charge in [-0.1, -0.05) is 38.3 Å². The zero-order chi connectivity index (χ0) is 18.8. The fourth-order valence-corrected chi connectivity index (χ4v) is 4.07. The van der Waals surface area contributed by atoms with E-state index >= 15 is 0 Å². The molecule has 1 fully saturated rings. The molecule has 0 radical (unpaired) electrons. The third-order valence-corrected chi connectivity index (χ3v) is 5.96. The summed E-state index contributed by atoms with van der Waals surface area (Å²) in [7, 11) is 0. The van der Waals surface area contributed by atoms with Crippen LogP contribution in [0.15, 0.2) is 18.2 Å². The second-order valence-electron chi connectivity index (χ2n) is 7.86. The Morgan fingerprint density at radius 2 is 1.88 bits per heavy atom. The molecule has 5 heteroatoms. The Morgan fingerprint density at radius 1 is 1.15 bits per heavy atom. The van der Waals surface area contributed by atoms with Crippen molar-refractivity contribution in [1.29, 1.82) is 0 Å². The van der Waals surface area contributed by atoms with Crippen LogP contribution in [0, 0.1) is 18.8 Å². The zero-order valence-electron chi connectivity index (χ0n) is 15.9. The average Bonchev–Trinajstić information content (AvgIpc) is 2.83. The van der Waals surface area contributed by atoms with Crippen molar-refractivity contribution >= 4 is 17.7 Å². The highest BCUT2D eigenvalue weighted by molar-refractivity contribution is 6.21. The van der Waals surface area contributed by atoms with Crippen molar-refractivity contribution in [1.82, 2.24) is 10.2 Å². The predicted molar refractivity (Wildman–Crippen MR) is 99.9 cm³/mol. The molecule has 0 spiro atoms. The molecular formula is C21H28N2O3. The van der Waals surface area contributed by atoms with Gasteiger partial charge in [-0.2, -0.15) is 0 Å². The van der Waals surface area contributed by atoms with Gasteiger partial charge in [0.25, 0.3) is 11.8 Å². The third-order valence-electron chi connectivity index (χ3n) is 5.96. The summed E-state index contributed by atoms with van der Waals surface area (Å²) in [5, 5.41) is 3.14. The van der Waals surface area contributed by atoms with Gasteiger partial charge in [-0.15, -0.1) is 0 Å². The lowest BCUT2D eigenvalue weighted by Crippen LogP contribution is -2.43. The van der Waals surface area contributed by atoms with Crippen molar-refractivity contribution in [2.24, 2.45) is 11.8 Å². The number of nitrogens with one attached hydrogen (secondary N) is 1. The van der Waals surface area contributed by atoms with Crippen molar-refractivity contribution in [2.75, 3.05) is 6.54 Å². The van der Waals surface area contributed by atoms with Crippen molar-refractivity contribution in [2.45, 2.75) is 58.9 Å². The minimum Gasteiger partial charge on any atom is -0.353 e. The summed E-state index contributed by atoms with van der Waals surface area (Å²) in [5.74, 6) is 0.649. The van der Waals surface area contributed by atoms with Gasteiger partial charge in [-0.3, -0.25) is 19.3 Å². The van der Waals surface area contributed by atoms with Crippen LogP contribution in [0.2, 0.25) is 0 Å². The maximum atomic E-state index is 12.4. The molecule has 2 aliphatic rings. The van der Waals surface area contributed by atoms with Gasteiger partial charge in [0, 0.05) is 19.0 Å². The van der Waals surface area contributed by atoms with Crippen LogP contribution in [0.3, 0.4) is 0 Å². The molecule has 26 heavy (non-hydrogen) atoms. The van der Waals surface area contributed by atoms with Gasteiger partial charge in [0.2, 0.25) is 5.91 Å². The Hall–Kier alpha value is -2.17. The summed E-state index contributed by atoms with van der Waals surface area (Å²) in [6.45, 7) is 6.64. The van der Waals surface area contributed by atoms with Crippen LogP contribution in [0.25, 0.3) is 0 Å². The maximum absolute atomic E-state index is 12.4. The van der Waals surface area contributed by atoms with E-state index in [0.717, 1.165) is 18.4 Å². The molecule has 1 N–H and O–H groups in total. The zero-order valence-corrected chi connectivity index (χ0v) is 15.9. The van der Waals surface area contributed by atoms with Gasteiger partial charge < -0.3 is 5.32 Å². The van der Waals surface area contributed by atoms with E-state index in [1.54, 1.807) is 12.1 Å². The van der Waals surface area contributed by atoms with Gasteiger partial charge in [0.15, 0.2) is 0 Å². The second-order valence-corrected chi connectivity index (χ2v) is 7.86. The number of aryl methyl sites for hydroxylation is 1. The highest BCUT2D eigenvalue weighted by Crippen LogP contribution is 2.29. The van der Waals surface area contributed by atoms with E-state index in [2.05, 4.69) is 19.2 Å². The molecule has 5 nitrogen and oxygen atoms in total. The molecule has 140 valence electrons. The normalized spacial score (nSPS) is 25.3. The van der Waals surface area contributed by atoms with Crippen molar-refractivity contribution in [3.8, 4) is 0 Å². The molecule has 1 aromatic rings. The predicted octanol–water partition coefficient (Wildman–Crippen LogP) is 3.31. The topological polar surface area (TPSA) is 66.5 Å². The number of carbonyl (C=O) groups is 3. The quantitative estimate of drug-likeness (QED) is 0.823. The van der Waals surface area contributed by atoms with Gasteiger partial charge in [-0.05, 0) is 43.7 Å². The molecule has 1 heterocycles. The van der Waals surface area contributed by atoms with Gasteiger partial charge in [0.05, 0.1) is 11.1 Å². The summed E-state index contributed by atoms with van der Waals surface area (Å²) in [4.78, 5) is 38.4. The average molecular weight is 356 g/mol. The Bertz CT molecular complexity index is 728. The van der Waals surface area contributed by atoms with E-state index in [0.29, 0.717) is 35.8 Å². The van der Waals surface area contributed by atoms with Crippen LogP contribution >= 0.6 is 0 Å². The fourth-order valence-electron chi connectivity index (χ4n) is 4.07. The lowest BCUT2D eigenvalue weighted by atomic mass is 9.78. The number of carbonyl (C=O) groups excluding carboxylic acids is 3. The minimum absolute atomic E-state index is 0.0170. The molecule has 3 amide bonds. The first kappa shape index (κ1) is 18.6. The van der Waals surface area contributed by atoms with Crippen LogP contribution in [0.1, 0.15) is 72.2 Å². The molecule has 0 unspecified atom stereocenters. The number of nitrogens with zero attached hydrogens (tertiary/aromatic N) is 1. The first-order valence-electron chi connectivity index (χ1n) is 9.64. The highest BCUT2D eigenvalue weighted by Gasteiger charge is 2.35. The first-order chi connectivity index (χ1) is 12.4. The number of fused-ring (bicyclic) bond motifs is 1. The Balaban J connectivity index is 1.50. The summed E-state index contributed by atoms with van der Waals surface area (Å²) < 4.78 is 0. The van der Waals surface area contributed by atoms with Crippen molar-refractivity contribution in [3.63, 3.8) is 0 Å². The second kappa shape index (κ2) is 7.60. The van der Waals surface area contributed by atoms with E-state index < -0.39 is 0 Å². The van der Waals surface area contributed by atoms with Crippen LogP contribution in [-0.2, 0) is 4.79 Å². The molecule has 0 bridgehead atoms. The monoisotopic (exact) mass is 356 g/mol. The minimum atomic E-state index is -0.250. The number of rotatable bonds is 5. The summed E-state index contributed by atoms with van der Waals surface area (Å²) in [6.07, 6.45) is 4.25. The molecule has 3 rings (SSSR count). The largest absolute Gasteiger partial charge is 0.353 e. The highest BCUT2D eigenvalue weighted by atomic mass is 16.2. The van der Waals surface area contributed by atoms with Crippen LogP contribution in [0.4, 0.5) is 0 Å². The van der Waals surface area contributed by atoms with E-state index in [9.17, 15) is 14.4 Å². The van der Waals surface area contributed by atoms with Crippen molar-refractivity contribution < 1.29 is 14.4 Å². The van der Waals surface area contributed by atoms with Gasteiger partial charge >= 0.3 is 0 Å². The van der Waals surface area contributed by atoms with Gasteiger partial charge in [-0.25, -0.2) is 0 Å². The number of amides is 3. The Morgan fingerprint density at radius 3 is 2.65 bits per heavy atom. The van der Waals surface area contributed by atoms with E-state index in [1.165, 1.54) is 11.3 Å². The van der Waals surface area contributed by atoms with Crippen LogP contribution < -0.4 is 5.32 Å². The maximum Gasteiger partial charge on any atom is 0.261 e. The fraction of sp³-hybridized carbons (Fsp3) is 0.571. The molecule has 0 saturated heterocycles. The summed E-state index contributed by atoms with van der Waals surface area (Å²) >= 11 is 0. The van der Waals surface area contributed by atoms with Crippen LogP contribution in [0.5, 0.6) is 0 Å². The Labute approximate surface area is 155 Å². The van der Waals surface area contributed by atoms with E-state index in [4.69, 9.17) is 0 Å². The number of hydrogen-bond acceptors (Lipinski definition) is 3. The van der Waals surface area contributed by atoms with Gasteiger partial charge in [0.1, 0.15) is 0 Å². The molecule has 0 aromatic heterocycles. The Kier molecular flexibility index (Phi) is 5.44. The summed E-state index contributed by atoms with van der Waals surface area (Å²) in [5.41, 5.74) is 1.90. The lowest BCUT2D eigenvalue weighted by molar-refractivity contribution is -0.122. The standard InChI is InChI=1S/C21H28N2O3/c1-13-9-10-16-17(12-13)21(26)23(20(16)25)11-5-8-19(24)22-18-7-4-6-14(2)15(18)3/h9-10,12,14-15,18H,4-8,11H2,1-3H3,(H,22,24)/t14-,15-,18-/m1/s1. The number of imide groups is 1. The van der Waals surface area contributed by atoms with Crippen LogP contribution in [-0.4, -0.2) is 35.2 Å². The number of hydrogen-bond donors (Lipinski definition) is 1. The molecule has 1 saturated carbocycles. The smallest absolute Gasteiger partial charge is 0.261 e. The molecule has 1 aromatic carbocycles. The molecule has 1 aliphatic heterocycles. The summed E-state index contributed by atoms with van der Waals surface area (Å²) in [6, 6.07) is 5.55. The first-order valence-corrected chi connectivity index (χ1v) is 9.64. The van der Waals surface area contributed by atoms with Crippen molar-refractivity contribution in [3.05, 3.63) is 34.9 Å². The molecule has 1 aliphatic carbocycles. The third kappa shape index (κ3) is 3.67. The van der Waals surface area contributed by atoms with E-state index in [1.807, 2.05) is 13.0 Å². The molecule has 3 atom stereocenters. The number of benzene rings is 1. The SMILES string of the molecule is Cc1ccc2c(c1)C(=O)N(CCCC(=O)N[C@@H]1CCC[C@@H](C)[C@H]1C)C2=O. The van der Waals surface area contributed by atoms with E-state index in [-0.39, 0.29) is 30.3 Å².